The summed E-state index contributed by atoms with van der Waals surface area (Å²) in [7, 11) is -3.36. The number of carbonyl (C=O) groups is 2. The molecule has 24 heavy (non-hydrogen) atoms. The smallest absolute Gasteiger partial charge is 0.338 e. The van der Waals surface area contributed by atoms with E-state index in [1.807, 2.05) is 6.92 Å². The Morgan fingerprint density at radius 3 is 2.67 bits per heavy atom. The number of hydrogen-bond acceptors (Lipinski definition) is 5. The average Bonchev–Trinajstić information content (AvgIpc) is 3.22. The van der Waals surface area contributed by atoms with E-state index in [4.69, 9.17) is 4.74 Å². The van der Waals surface area contributed by atoms with E-state index in [9.17, 15) is 18.0 Å². The average molecular weight is 352 g/mol. The summed E-state index contributed by atoms with van der Waals surface area (Å²) in [5, 5.41) is 2.74. The Morgan fingerprint density at radius 2 is 2.04 bits per heavy atom. The molecule has 0 spiro atoms. The molecule has 1 heterocycles. The maximum atomic E-state index is 12.1. The summed E-state index contributed by atoms with van der Waals surface area (Å²) in [6.07, 6.45) is 3.64. The first-order valence-electron chi connectivity index (χ1n) is 7.84. The van der Waals surface area contributed by atoms with Gasteiger partial charge >= 0.3 is 5.97 Å². The number of carbonyl (C=O) groups excluding carboxylic acids is 2. The molecule has 1 amide bonds. The Labute approximate surface area is 141 Å². The number of ether oxygens (including phenoxy) is 1. The minimum atomic E-state index is -3.36. The fourth-order valence-corrected chi connectivity index (χ4v) is 4.21. The molecule has 1 aromatic carbocycles. The van der Waals surface area contributed by atoms with Crippen LogP contribution in [0.3, 0.4) is 0 Å². The zero-order valence-electron chi connectivity index (χ0n) is 13.6. The van der Waals surface area contributed by atoms with Gasteiger partial charge in [0.05, 0.1) is 17.5 Å². The number of hydrogen-bond donors (Lipinski definition) is 1. The summed E-state index contributed by atoms with van der Waals surface area (Å²) < 4.78 is 30.1. The summed E-state index contributed by atoms with van der Waals surface area (Å²) in [5.41, 5.74) is 1.69. The largest absolute Gasteiger partial charge is 0.452 e. The maximum Gasteiger partial charge on any atom is 0.338 e. The van der Waals surface area contributed by atoms with Crippen molar-refractivity contribution < 1.29 is 22.7 Å². The highest BCUT2D eigenvalue weighted by Gasteiger charge is 2.33. The molecule has 0 radical (unpaired) electrons. The Bertz CT molecular complexity index is 786. The van der Waals surface area contributed by atoms with Gasteiger partial charge < -0.3 is 10.1 Å². The normalized spacial score (nSPS) is 19.8. The number of benzene rings is 1. The maximum absolute atomic E-state index is 12.1. The van der Waals surface area contributed by atoms with E-state index in [1.165, 1.54) is 16.6 Å². The van der Waals surface area contributed by atoms with Crippen molar-refractivity contribution in [2.75, 3.05) is 17.2 Å². The molecule has 0 saturated heterocycles. The molecule has 0 aromatic heterocycles. The molecule has 7 nitrogen and oxygen atoms in total. The number of fused-ring (bicyclic) bond motifs is 1. The molecule has 1 aliphatic heterocycles. The molecule has 3 rings (SSSR count). The molecular weight excluding hydrogens is 332 g/mol. The highest BCUT2D eigenvalue weighted by molar-refractivity contribution is 7.92. The number of nitrogens with zero attached hydrogens (tertiary/aromatic N) is 1. The number of amides is 1. The van der Waals surface area contributed by atoms with E-state index in [0.717, 1.165) is 18.4 Å². The number of sulfonamides is 1. The molecule has 0 unspecified atom stereocenters. The molecule has 1 N–H and O–H groups in total. The second-order valence-electron chi connectivity index (χ2n) is 6.37. The van der Waals surface area contributed by atoms with Crippen molar-refractivity contribution >= 4 is 27.6 Å². The van der Waals surface area contributed by atoms with E-state index < -0.39 is 16.0 Å². The molecule has 8 heteroatoms. The topological polar surface area (TPSA) is 92.8 Å². The van der Waals surface area contributed by atoms with Gasteiger partial charge in [0.1, 0.15) is 0 Å². The van der Waals surface area contributed by atoms with Gasteiger partial charge in [0, 0.05) is 12.1 Å². The van der Waals surface area contributed by atoms with Gasteiger partial charge in [0.25, 0.3) is 5.91 Å². The number of rotatable bonds is 5. The van der Waals surface area contributed by atoms with Crippen molar-refractivity contribution in [3.8, 4) is 0 Å². The number of esters is 1. The van der Waals surface area contributed by atoms with Gasteiger partial charge in [0.2, 0.25) is 10.0 Å². The summed E-state index contributed by atoms with van der Waals surface area (Å²) in [6, 6.07) is 4.81. The second kappa shape index (κ2) is 6.08. The van der Waals surface area contributed by atoms with Crippen molar-refractivity contribution in [1.82, 2.24) is 5.32 Å². The fourth-order valence-electron chi connectivity index (χ4n) is 2.95. The van der Waals surface area contributed by atoms with E-state index in [2.05, 4.69) is 5.32 Å². The Balaban J connectivity index is 1.69. The Morgan fingerprint density at radius 1 is 1.33 bits per heavy atom. The summed E-state index contributed by atoms with van der Waals surface area (Å²) >= 11 is 0. The van der Waals surface area contributed by atoms with Crippen LogP contribution in [0.5, 0.6) is 0 Å². The van der Waals surface area contributed by atoms with Gasteiger partial charge in [0.15, 0.2) is 6.61 Å². The molecule has 1 saturated carbocycles. The molecule has 1 aromatic rings. The Kier molecular flexibility index (Phi) is 4.25. The van der Waals surface area contributed by atoms with Crippen LogP contribution in [0.1, 0.15) is 35.7 Å². The van der Waals surface area contributed by atoms with Gasteiger partial charge in [-0.1, -0.05) is 0 Å². The summed E-state index contributed by atoms with van der Waals surface area (Å²) in [5.74, 6) is -0.891. The van der Waals surface area contributed by atoms with Gasteiger partial charge in [-0.15, -0.1) is 0 Å². The second-order valence-corrected chi connectivity index (χ2v) is 8.23. The van der Waals surface area contributed by atoms with Crippen LogP contribution >= 0.6 is 0 Å². The quantitative estimate of drug-likeness (QED) is 0.793. The summed E-state index contributed by atoms with van der Waals surface area (Å²) in [4.78, 5) is 23.6. The Hall–Kier alpha value is -2.09. The third-order valence-corrected chi connectivity index (χ3v) is 5.37. The van der Waals surface area contributed by atoms with Crippen LogP contribution in [-0.4, -0.2) is 45.2 Å². The number of anilines is 1. The standard InChI is InChI=1S/C16H20N2O5S/c1-10-7-12-8-11(3-6-14(12)18(10)24(2,21)22)16(20)23-9-15(19)17-13-4-5-13/h3,6,8,10,13H,4-5,7,9H2,1-2H3,(H,17,19)/t10-/m0/s1. The van der Waals surface area contributed by atoms with Gasteiger partial charge in [-0.25, -0.2) is 13.2 Å². The van der Waals surface area contributed by atoms with E-state index >= 15 is 0 Å². The third-order valence-electron chi connectivity index (χ3n) is 4.10. The lowest BCUT2D eigenvalue weighted by Gasteiger charge is -2.21. The molecule has 0 bridgehead atoms. The van der Waals surface area contributed by atoms with Gasteiger partial charge in [-0.3, -0.25) is 9.10 Å². The van der Waals surface area contributed by atoms with Crippen molar-refractivity contribution in [2.45, 2.75) is 38.3 Å². The zero-order valence-corrected chi connectivity index (χ0v) is 14.4. The van der Waals surface area contributed by atoms with Crippen LogP contribution in [0.25, 0.3) is 0 Å². The van der Waals surface area contributed by atoms with Gasteiger partial charge in [-0.05, 0) is 49.9 Å². The first-order valence-corrected chi connectivity index (χ1v) is 9.69. The van der Waals surface area contributed by atoms with Crippen molar-refractivity contribution in [3.63, 3.8) is 0 Å². The molecule has 1 atom stereocenters. The molecule has 1 fully saturated rings. The molecule has 130 valence electrons. The van der Waals surface area contributed by atoms with Crippen molar-refractivity contribution in [1.29, 1.82) is 0 Å². The molecule has 2 aliphatic rings. The minimum absolute atomic E-state index is 0.189. The molecule has 1 aliphatic carbocycles. The molecular formula is C16H20N2O5S. The van der Waals surface area contributed by atoms with Crippen LogP contribution < -0.4 is 9.62 Å². The van der Waals surface area contributed by atoms with Crippen molar-refractivity contribution in [2.24, 2.45) is 0 Å². The highest BCUT2D eigenvalue weighted by Crippen LogP contribution is 2.34. The third kappa shape index (κ3) is 3.53. The first-order chi connectivity index (χ1) is 11.3. The SMILES string of the molecule is C[C@H]1Cc2cc(C(=O)OCC(=O)NC3CC3)ccc2N1S(C)(=O)=O. The van der Waals surface area contributed by atoms with E-state index in [0.29, 0.717) is 17.7 Å². The van der Waals surface area contributed by atoms with Crippen LogP contribution in [0.15, 0.2) is 18.2 Å². The lowest BCUT2D eigenvalue weighted by atomic mass is 10.1. The first kappa shape index (κ1) is 16.8. The van der Waals surface area contributed by atoms with Gasteiger partial charge in [-0.2, -0.15) is 0 Å². The van der Waals surface area contributed by atoms with E-state index in [-0.39, 0.29) is 24.6 Å². The van der Waals surface area contributed by atoms with Crippen LogP contribution in [-0.2, 0) is 26.0 Å². The number of nitrogens with one attached hydrogen (secondary N) is 1. The predicted molar refractivity (Wildman–Crippen MR) is 88.4 cm³/mol. The van der Waals surface area contributed by atoms with Crippen LogP contribution in [0, 0.1) is 0 Å². The fraction of sp³-hybridized carbons (Fsp3) is 0.500. The highest BCUT2D eigenvalue weighted by atomic mass is 32.2. The summed E-state index contributed by atoms with van der Waals surface area (Å²) in [6.45, 7) is 1.51. The van der Waals surface area contributed by atoms with Crippen molar-refractivity contribution in [3.05, 3.63) is 29.3 Å². The lowest BCUT2D eigenvalue weighted by Crippen LogP contribution is -2.34. The zero-order chi connectivity index (χ0) is 17.5. The predicted octanol–water partition coefficient (Wildman–Crippen LogP) is 0.833. The van der Waals surface area contributed by atoms with E-state index in [1.54, 1.807) is 12.1 Å². The minimum Gasteiger partial charge on any atom is -0.452 e. The van der Waals surface area contributed by atoms with Crippen LogP contribution in [0.2, 0.25) is 0 Å². The lowest BCUT2D eigenvalue weighted by molar-refractivity contribution is -0.124. The van der Waals surface area contributed by atoms with Crippen LogP contribution in [0.4, 0.5) is 5.69 Å². The monoisotopic (exact) mass is 352 g/mol.